The summed E-state index contributed by atoms with van der Waals surface area (Å²) in [6.45, 7) is 2.86. The van der Waals surface area contributed by atoms with Gasteiger partial charge in [0.15, 0.2) is 11.5 Å². The fourth-order valence-corrected chi connectivity index (χ4v) is 3.97. The van der Waals surface area contributed by atoms with Crippen molar-refractivity contribution in [3.8, 4) is 17.2 Å². The van der Waals surface area contributed by atoms with Crippen LogP contribution in [-0.4, -0.2) is 49.4 Å². The number of methoxy groups -OCH3 is 1. The van der Waals surface area contributed by atoms with E-state index in [1.165, 1.54) is 0 Å². The summed E-state index contributed by atoms with van der Waals surface area (Å²) in [5.41, 5.74) is 2.04. The van der Waals surface area contributed by atoms with Gasteiger partial charge in [0.2, 0.25) is 0 Å². The first-order valence-corrected chi connectivity index (χ1v) is 9.12. The molecule has 0 unspecified atom stereocenters. The van der Waals surface area contributed by atoms with Gasteiger partial charge >= 0.3 is 5.97 Å². The Morgan fingerprint density at radius 3 is 2.52 bits per heavy atom. The normalized spacial score (nSPS) is 21.8. The zero-order valence-corrected chi connectivity index (χ0v) is 15.3. The van der Waals surface area contributed by atoms with Crippen molar-refractivity contribution in [1.29, 1.82) is 0 Å². The van der Waals surface area contributed by atoms with Gasteiger partial charge in [-0.25, -0.2) is 0 Å². The van der Waals surface area contributed by atoms with Crippen LogP contribution in [-0.2, 0) is 11.3 Å². The molecule has 2 atom stereocenters. The molecule has 0 aliphatic carbocycles. The largest absolute Gasteiger partial charge is 0.496 e. The molecule has 142 valence electrons. The molecule has 2 aliphatic heterocycles. The van der Waals surface area contributed by atoms with Crippen LogP contribution in [0.4, 0.5) is 0 Å². The number of hydrogen-bond donors (Lipinski definition) is 1. The molecule has 0 amide bonds. The van der Waals surface area contributed by atoms with E-state index in [0.29, 0.717) is 44.3 Å². The molecular formula is C21H23NO5. The second-order valence-electron chi connectivity index (χ2n) is 6.96. The Morgan fingerprint density at radius 2 is 1.85 bits per heavy atom. The summed E-state index contributed by atoms with van der Waals surface area (Å²) in [4.78, 5) is 14.0. The number of carbonyl (C=O) groups is 1. The van der Waals surface area contributed by atoms with Gasteiger partial charge in [-0.1, -0.05) is 30.3 Å². The molecule has 1 N–H and O–H groups in total. The third kappa shape index (κ3) is 3.57. The molecule has 2 heterocycles. The SMILES string of the molecule is COc1cc2c(cc1CN1C[C@@H](C(=O)O)[C@H](c3ccccc3)C1)OCCO2. The van der Waals surface area contributed by atoms with E-state index in [0.717, 1.165) is 16.9 Å². The minimum atomic E-state index is -0.750. The molecule has 27 heavy (non-hydrogen) atoms. The van der Waals surface area contributed by atoms with Crippen LogP contribution >= 0.6 is 0 Å². The van der Waals surface area contributed by atoms with Crippen LogP contribution < -0.4 is 14.2 Å². The van der Waals surface area contributed by atoms with Crippen LogP contribution in [0.2, 0.25) is 0 Å². The van der Waals surface area contributed by atoms with E-state index < -0.39 is 11.9 Å². The Kier molecular flexibility index (Phi) is 4.90. The van der Waals surface area contributed by atoms with Gasteiger partial charge in [0, 0.05) is 37.2 Å². The van der Waals surface area contributed by atoms with E-state index in [1.807, 2.05) is 42.5 Å². The Morgan fingerprint density at radius 1 is 1.15 bits per heavy atom. The van der Waals surface area contributed by atoms with Crippen molar-refractivity contribution in [2.75, 3.05) is 33.4 Å². The quantitative estimate of drug-likeness (QED) is 0.874. The van der Waals surface area contributed by atoms with Crippen LogP contribution in [0, 0.1) is 5.92 Å². The lowest BCUT2D eigenvalue weighted by molar-refractivity contribution is -0.141. The highest BCUT2D eigenvalue weighted by Gasteiger charge is 2.38. The molecule has 1 fully saturated rings. The van der Waals surface area contributed by atoms with Gasteiger partial charge in [0.1, 0.15) is 19.0 Å². The number of aliphatic carboxylic acids is 1. The summed E-state index contributed by atoms with van der Waals surface area (Å²) in [6, 6.07) is 13.7. The van der Waals surface area contributed by atoms with Crippen molar-refractivity contribution in [2.24, 2.45) is 5.92 Å². The fraction of sp³-hybridized carbons (Fsp3) is 0.381. The smallest absolute Gasteiger partial charge is 0.308 e. The lowest BCUT2D eigenvalue weighted by Crippen LogP contribution is -2.23. The summed E-state index contributed by atoms with van der Waals surface area (Å²) < 4.78 is 16.8. The Balaban J connectivity index is 1.57. The molecule has 2 aromatic rings. The van der Waals surface area contributed by atoms with E-state index in [4.69, 9.17) is 14.2 Å². The van der Waals surface area contributed by atoms with Crippen molar-refractivity contribution >= 4 is 5.97 Å². The number of ether oxygens (including phenoxy) is 3. The van der Waals surface area contributed by atoms with Crippen LogP contribution in [0.1, 0.15) is 17.0 Å². The van der Waals surface area contributed by atoms with Crippen LogP contribution in [0.5, 0.6) is 17.2 Å². The average molecular weight is 369 g/mol. The van der Waals surface area contributed by atoms with Crippen molar-refractivity contribution < 1.29 is 24.1 Å². The maximum Gasteiger partial charge on any atom is 0.308 e. The second kappa shape index (κ2) is 7.48. The van der Waals surface area contributed by atoms with Gasteiger partial charge < -0.3 is 19.3 Å². The summed E-state index contributed by atoms with van der Waals surface area (Å²) in [7, 11) is 1.63. The molecule has 6 heteroatoms. The lowest BCUT2D eigenvalue weighted by Gasteiger charge is -2.23. The second-order valence-corrected chi connectivity index (χ2v) is 6.96. The molecule has 0 saturated carbocycles. The predicted molar refractivity (Wildman–Crippen MR) is 99.6 cm³/mol. The number of carboxylic acids is 1. The maximum atomic E-state index is 11.8. The van der Waals surface area contributed by atoms with Gasteiger partial charge in [-0.05, 0) is 11.6 Å². The Labute approximate surface area is 158 Å². The van der Waals surface area contributed by atoms with Gasteiger partial charge in [-0.15, -0.1) is 0 Å². The number of rotatable bonds is 5. The molecule has 2 aromatic carbocycles. The predicted octanol–water partition coefficient (Wildman–Crippen LogP) is 2.77. The van der Waals surface area contributed by atoms with E-state index >= 15 is 0 Å². The number of carboxylic acid groups (broad SMARTS) is 1. The molecule has 0 spiro atoms. The summed E-state index contributed by atoms with van der Waals surface area (Å²) in [5.74, 6) is 0.941. The first-order chi connectivity index (χ1) is 13.2. The molecule has 6 nitrogen and oxygen atoms in total. The highest BCUT2D eigenvalue weighted by molar-refractivity contribution is 5.72. The number of hydrogen-bond acceptors (Lipinski definition) is 5. The third-order valence-electron chi connectivity index (χ3n) is 5.28. The zero-order valence-electron chi connectivity index (χ0n) is 15.3. The molecule has 2 aliphatic rings. The fourth-order valence-electron chi connectivity index (χ4n) is 3.97. The molecule has 1 saturated heterocycles. The molecule has 4 rings (SSSR count). The first-order valence-electron chi connectivity index (χ1n) is 9.12. The number of fused-ring (bicyclic) bond motifs is 1. The molecule has 0 bridgehead atoms. The zero-order chi connectivity index (χ0) is 18.8. The van der Waals surface area contributed by atoms with Crippen LogP contribution in [0.3, 0.4) is 0 Å². The van der Waals surface area contributed by atoms with Crippen molar-refractivity contribution in [3.63, 3.8) is 0 Å². The highest BCUT2D eigenvalue weighted by Crippen LogP contribution is 2.39. The van der Waals surface area contributed by atoms with E-state index in [9.17, 15) is 9.90 Å². The monoisotopic (exact) mass is 369 g/mol. The van der Waals surface area contributed by atoms with Gasteiger partial charge in [-0.2, -0.15) is 0 Å². The summed E-state index contributed by atoms with van der Waals surface area (Å²) in [6.07, 6.45) is 0. The van der Waals surface area contributed by atoms with Crippen molar-refractivity contribution in [3.05, 3.63) is 53.6 Å². The molecule has 0 radical (unpaired) electrons. The Hall–Kier alpha value is -2.73. The molecular weight excluding hydrogens is 346 g/mol. The van der Waals surface area contributed by atoms with E-state index in [2.05, 4.69) is 4.90 Å². The van der Waals surface area contributed by atoms with E-state index in [-0.39, 0.29) is 5.92 Å². The maximum absolute atomic E-state index is 11.8. The van der Waals surface area contributed by atoms with Crippen LogP contribution in [0.15, 0.2) is 42.5 Å². The van der Waals surface area contributed by atoms with Crippen molar-refractivity contribution in [1.82, 2.24) is 4.90 Å². The van der Waals surface area contributed by atoms with Crippen LogP contribution in [0.25, 0.3) is 0 Å². The third-order valence-corrected chi connectivity index (χ3v) is 5.28. The number of benzene rings is 2. The first kappa shape index (κ1) is 17.7. The topological polar surface area (TPSA) is 68.2 Å². The standard InChI is InChI=1S/C21H23NO5/c1-25-18-10-20-19(26-7-8-27-20)9-15(18)11-22-12-16(17(13-22)21(23)24)14-5-3-2-4-6-14/h2-6,9-10,16-17H,7-8,11-13H2,1H3,(H,23,24)/t16-,17+/m0/s1. The summed E-state index contributed by atoms with van der Waals surface area (Å²) >= 11 is 0. The number of nitrogens with zero attached hydrogens (tertiary/aromatic N) is 1. The van der Waals surface area contributed by atoms with E-state index in [1.54, 1.807) is 7.11 Å². The average Bonchev–Trinajstić information content (AvgIpc) is 3.12. The number of likely N-dealkylation sites (tertiary alicyclic amines) is 1. The van der Waals surface area contributed by atoms with Gasteiger partial charge in [0.25, 0.3) is 0 Å². The Bertz CT molecular complexity index is 823. The summed E-state index contributed by atoms with van der Waals surface area (Å²) in [5, 5.41) is 9.70. The lowest BCUT2D eigenvalue weighted by atomic mass is 9.89. The van der Waals surface area contributed by atoms with Gasteiger partial charge in [-0.3, -0.25) is 9.69 Å². The minimum Gasteiger partial charge on any atom is -0.496 e. The van der Waals surface area contributed by atoms with Gasteiger partial charge in [0.05, 0.1) is 13.0 Å². The molecule has 0 aromatic heterocycles. The minimum absolute atomic E-state index is 0.0214. The highest BCUT2D eigenvalue weighted by atomic mass is 16.6. The van der Waals surface area contributed by atoms with Crippen molar-refractivity contribution in [2.45, 2.75) is 12.5 Å².